The highest BCUT2D eigenvalue weighted by atomic mass is 35.5. The van der Waals surface area contributed by atoms with Crippen LogP contribution in [0.3, 0.4) is 0 Å². The molecule has 0 bridgehead atoms. The number of halogens is 1. The molecule has 0 aliphatic heterocycles. The van der Waals surface area contributed by atoms with Gasteiger partial charge in [-0.1, -0.05) is 11.6 Å². The fourth-order valence-corrected chi connectivity index (χ4v) is 2.25. The van der Waals surface area contributed by atoms with Gasteiger partial charge >= 0.3 is 5.97 Å². The molecule has 1 N–H and O–H groups in total. The van der Waals surface area contributed by atoms with E-state index < -0.39 is 5.97 Å². The molecule has 0 amide bonds. The molecule has 6 heteroatoms. The molecule has 1 aromatic carbocycles. The Kier molecular flexibility index (Phi) is 2.91. The summed E-state index contributed by atoms with van der Waals surface area (Å²) in [7, 11) is 0. The molecule has 3 rings (SSSR count). The van der Waals surface area contributed by atoms with Gasteiger partial charge in [-0.2, -0.15) is 0 Å². The summed E-state index contributed by atoms with van der Waals surface area (Å²) in [5.41, 5.74) is 2.43. The highest BCUT2D eigenvalue weighted by Crippen LogP contribution is 2.21. The molecule has 100 valence electrons. The Morgan fingerprint density at radius 3 is 2.50 bits per heavy atom. The number of pyridine rings is 1. The summed E-state index contributed by atoms with van der Waals surface area (Å²) in [5.74, 6) is -0.192. The predicted molar refractivity (Wildman–Crippen MR) is 75.6 cm³/mol. The van der Waals surface area contributed by atoms with E-state index in [1.54, 1.807) is 36.4 Å². The van der Waals surface area contributed by atoms with Crippen molar-refractivity contribution >= 4 is 28.7 Å². The first-order valence-corrected chi connectivity index (χ1v) is 6.29. The number of benzene rings is 1. The number of carbonyl (C=O) groups is 1. The molecule has 3 aromatic rings. The second kappa shape index (κ2) is 4.61. The van der Waals surface area contributed by atoms with Gasteiger partial charge in [0.25, 0.3) is 0 Å². The number of fused-ring (bicyclic) bond motifs is 1. The van der Waals surface area contributed by atoms with Crippen LogP contribution in [0.2, 0.25) is 5.15 Å². The van der Waals surface area contributed by atoms with Crippen molar-refractivity contribution in [1.29, 1.82) is 0 Å². The molecule has 2 aromatic heterocycles. The largest absolute Gasteiger partial charge is 0.478 e. The minimum atomic E-state index is -0.954. The summed E-state index contributed by atoms with van der Waals surface area (Å²) in [6, 6.07) is 10.0. The van der Waals surface area contributed by atoms with Crippen LogP contribution in [0.1, 0.15) is 16.2 Å². The van der Waals surface area contributed by atoms with Crippen molar-refractivity contribution in [3.05, 3.63) is 52.9 Å². The Hall–Kier alpha value is -2.40. The molecule has 0 radical (unpaired) electrons. The van der Waals surface area contributed by atoms with Crippen molar-refractivity contribution in [2.45, 2.75) is 6.92 Å². The van der Waals surface area contributed by atoms with Crippen LogP contribution < -0.4 is 0 Å². The van der Waals surface area contributed by atoms with Crippen LogP contribution in [-0.2, 0) is 0 Å². The highest BCUT2D eigenvalue weighted by molar-refractivity contribution is 6.29. The van der Waals surface area contributed by atoms with Crippen molar-refractivity contribution in [2.24, 2.45) is 0 Å². The van der Waals surface area contributed by atoms with Gasteiger partial charge in [-0.05, 0) is 43.3 Å². The first-order valence-electron chi connectivity index (χ1n) is 5.91. The zero-order chi connectivity index (χ0) is 14.3. The van der Waals surface area contributed by atoms with E-state index in [0.717, 1.165) is 17.0 Å². The molecule has 20 heavy (non-hydrogen) atoms. The summed E-state index contributed by atoms with van der Waals surface area (Å²) < 4.78 is 1.84. The van der Waals surface area contributed by atoms with Crippen LogP contribution >= 0.6 is 11.6 Å². The lowest BCUT2D eigenvalue weighted by atomic mass is 10.2. The fraction of sp³-hybridized carbons (Fsp3) is 0.0714. The van der Waals surface area contributed by atoms with E-state index in [2.05, 4.69) is 9.97 Å². The third-order valence-electron chi connectivity index (χ3n) is 3.01. The Balaban J connectivity index is 2.20. The standard InChI is InChI=1S/C14H10ClN3O2/c1-8-16-11-6-7-12(15)17-13(11)18(8)10-4-2-9(3-5-10)14(19)20/h2-7H,1H3,(H,19,20). The minimum Gasteiger partial charge on any atom is -0.478 e. The zero-order valence-electron chi connectivity index (χ0n) is 10.5. The van der Waals surface area contributed by atoms with E-state index in [9.17, 15) is 4.79 Å². The number of hydrogen-bond acceptors (Lipinski definition) is 3. The first-order chi connectivity index (χ1) is 9.56. The average Bonchev–Trinajstić information content (AvgIpc) is 2.74. The lowest BCUT2D eigenvalue weighted by Gasteiger charge is -2.06. The number of aromatic carboxylic acids is 1. The van der Waals surface area contributed by atoms with E-state index in [0.29, 0.717) is 10.8 Å². The van der Waals surface area contributed by atoms with Crippen molar-refractivity contribution in [3.8, 4) is 5.69 Å². The smallest absolute Gasteiger partial charge is 0.335 e. The molecule has 0 fully saturated rings. The monoisotopic (exact) mass is 287 g/mol. The molecule has 0 saturated heterocycles. The summed E-state index contributed by atoms with van der Waals surface area (Å²) in [4.78, 5) is 19.6. The van der Waals surface area contributed by atoms with Crippen molar-refractivity contribution in [1.82, 2.24) is 14.5 Å². The molecule has 0 atom stereocenters. The SMILES string of the molecule is Cc1nc2ccc(Cl)nc2n1-c1ccc(C(=O)O)cc1. The average molecular weight is 288 g/mol. The lowest BCUT2D eigenvalue weighted by molar-refractivity contribution is 0.0697. The number of rotatable bonds is 2. The quantitative estimate of drug-likeness (QED) is 0.736. The van der Waals surface area contributed by atoms with E-state index >= 15 is 0 Å². The Morgan fingerprint density at radius 1 is 1.15 bits per heavy atom. The van der Waals surface area contributed by atoms with Crippen molar-refractivity contribution < 1.29 is 9.90 Å². The summed E-state index contributed by atoms with van der Waals surface area (Å²) in [5, 5.41) is 9.31. The van der Waals surface area contributed by atoms with Crippen LogP contribution in [0.4, 0.5) is 0 Å². The molecule has 0 unspecified atom stereocenters. The Morgan fingerprint density at radius 2 is 1.85 bits per heavy atom. The van der Waals surface area contributed by atoms with Crippen molar-refractivity contribution in [2.75, 3.05) is 0 Å². The maximum absolute atomic E-state index is 10.9. The van der Waals surface area contributed by atoms with E-state index in [-0.39, 0.29) is 5.56 Å². The Bertz CT molecular complexity index is 809. The van der Waals surface area contributed by atoms with E-state index in [1.807, 2.05) is 11.5 Å². The summed E-state index contributed by atoms with van der Waals surface area (Å²) in [6.45, 7) is 1.86. The third kappa shape index (κ3) is 2.02. The number of aromatic nitrogens is 3. The minimum absolute atomic E-state index is 0.238. The van der Waals surface area contributed by atoms with Gasteiger partial charge in [0.15, 0.2) is 5.65 Å². The fourth-order valence-electron chi connectivity index (χ4n) is 2.11. The van der Waals surface area contributed by atoms with Crippen LogP contribution in [0, 0.1) is 6.92 Å². The van der Waals surface area contributed by atoms with Gasteiger partial charge in [-0.25, -0.2) is 14.8 Å². The number of nitrogens with zero attached hydrogens (tertiary/aromatic N) is 3. The van der Waals surface area contributed by atoms with Gasteiger partial charge in [-0.15, -0.1) is 0 Å². The van der Waals surface area contributed by atoms with E-state index in [1.165, 1.54) is 0 Å². The maximum Gasteiger partial charge on any atom is 0.335 e. The van der Waals surface area contributed by atoms with Gasteiger partial charge < -0.3 is 5.11 Å². The van der Waals surface area contributed by atoms with Gasteiger partial charge in [-0.3, -0.25) is 4.57 Å². The van der Waals surface area contributed by atoms with Gasteiger partial charge in [0.2, 0.25) is 0 Å². The van der Waals surface area contributed by atoms with Crippen LogP contribution in [-0.4, -0.2) is 25.6 Å². The molecular weight excluding hydrogens is 278 g/mol. The number of imidazole rings is 1. The second-order valence-corrected chi connectivity index (χ2v) is 4.71. The molecule has 0 saturated carbocycles. The summed E-state index contributed by atoms with van der Waals surface area (Å²) in [6.07, 6.45) is 0. The Labute approximate surface area is 119 Å². The number of carboxylic acids is 1. The van der Waals surface area contributed by atoms with Gasteiger partial charge in [0.1, 0.15) is 16.5 Å². The second-order valence-electron chi connectivity index (χ2n) is 4.32. The van der Waals surface area contributed by atoms with Crippen molar-refractivity contribution in [3.63, 3.8) is 0 Å². The maximum atomic E-state index is 10.9. The van der Waals surface area contributed by atoms with Gasteiger partial charge in [0, 0.05) is 5.69 Å². The molecular formula is C14H10ClN3O2. The molecule has 5 nitrogen and oxygen atoms in total. The van der Waals surface area contributed by atoms with E-state index in [4.69, 9.17) is 16.7 Å². The summed E-state index contributed by atoms with van der Waals surface area (Å²) >= 11 is 5.92. The highest BCUT2D eigenvalue weighted by Gasteiger charge is 2.11. The molecule has 0 aliphatic carbocycles. The number of aryl methyl sites for hydroxylation is 1. The lowest BCUT2D eigenvalue weighted by Crippen LogP contribution is -2.00. The number of carboxylic acid groups (broad SMARTS) is 1. The van der Waals surface area contributed by atoms with Crippen LogP contribution in [0.15, 0.2) is 36.4 Å². The van der Waals surface area contributed by atoms with Crippen LogP contribution in [0.5, 0.6) is 0 Å². The van der Waals surface area contributed by atoms with Gasteiger partial charge in [0.05, 0.1) is 5.56 Å². The zero-order valence-corrected chi connectivity index (χ0v) is 11.3. The third-order valence-corrected chi connectivity index (χ3v) is 3.22. The first kappa shape index (κ1) is 12.6. The predicted octanol–water partition coefficient (Wildman–Crippen LogP) is 3.08. The molecule has 0 aliphatic rings. The normalized spacial score (nSPS) is 10.9. The molecule has 2 heterocycles. The number of hydrogen-bond donors (Lipinski definition) is 1. The van der Waals surface area contributed by atoms with Crippen LogP contribution in [0.25, 0.3) is 16.9 Å². The molecule has 0 spiro atoms. The topological polar surface area (TPSA) is 68.0 Å².